The lowest BCUT2D eigenvalue weighted by atomic mass is 9.96. The van der Waals surface area contributed by atoms with Gasteiger partial charge in [0.05, 0.1) is 6.61 Å². The summed E-state index contributed by atoms with van der Waals surface area (Å²) in [5.41, 5.74) is 2.70. The van der Waals surface area contributed by atoms with E-state index in [0.29, 0.717) is 0 Å². The van der Waals surface area contributed by atoms with E-state index in [-0.39, 0.29) is 0 Å². The molecule has 1 heterocycles. The van der Waals surface area contributed by atoms with Crippen molar-refractivity contribution in [1.29, 1.82) is 0 Å². The fourth-order valence-corrected chi connectivity index (χ4v) is 3.39. The zero-order valence-corrected chi connectivity index (χ0v) is 15.0. The number of ether oxygens (including phenoxy) is 1. The molecule has 1 aromatic rings. The first-order valence-corrected chi connectivity index (χ1v) is 9.74. The van der Waals surface area contributed by atoms with Gasteiger partial charge in [0, 0.05) is 6.61 Å². The van der Waals surface area contributed by atoms with E-state index in [1.54, 1.807) is 0 Å². The Morgan fingerprint density at radius 2 is 1.78 bits per heavy atom. The van der Waals surface area contributed by atoms with Crippen molar-refractivity contribution in [3.05, 3.63) is 35.4 Å². The van der Waals surface area contributed by atoms with Gasteiger partial charge in [-0.05, 0) is 62.2 Å². The van der Waals surface area contributed by atoms with Crippen LogP contribution in [0.1, 0.15) is 69.4 Å². The molecule has 1 aliphatic heterocycles. The second-order valence-electron chi connectivity index (χ2n) is 6.99. The average molecular weight is 318 g/mol. The molecule has 23 heavy (non-hydrogen) atoms. The van der Waals surface area contributed by atoms with E-state index in [1.165, 1.54) is 75.6 Å². The highest BCUT2D eigenvalue weighted by molar-refractivity contribution is 5.21. The molecule has 0 amide bonds. The molecule has 1 unspecified atom stereocenters. The molecule has 2 rings (SSSR count). The van der Waals surface area contributed by atoms with E-state index in [2.05, 4.69) is 36.5 Å². The number of benzene rings is 1. The predicted octanol–water partition coefficient (Wildman–Crippen LogP) is 5.11. The van der Waals surface area contributed by atoms with Crippen LogP contribution in [-0.4, -0.2) is 19.7 Å². The Kier molecular flexibility index (Phi) is 9.35. The molecule has 1 atom stereocenters. The number of rotatable bonds is 10. The van der Waals surface area contributed by atoms with Crippen LogP contribution in [0.15, 0.2) is 24.3 Å². The van der Waals surface area contributed by atoms with Gasteiger partial charge in [-0.2, -0.15) is 0 Å². The van der Waals surface area contributed by atoms with Crippen LogP contribution in [0.3, 0.4) is 0 Å². The lowest BCUT2D eigenvalue weighted by Gasteiger charge is -2.13. The molecule has 130 valence electrons. The normalized spacial score (nSPS) is 18.7. The third kappa shape index (κ3) is 7.99. The van der Waals surface area contributed by atoms with E-state index in [9.17, 15) is 0 Å². The molecule has 1 N–H and O–H groups in total. The van der Waals surface area contributed by atoms with Crippen molar-refractivity contribution >= 4 is 0 Å². The molecule has 0 saturated carbocycles. The van der Waals surface area contributed by atoms with Crippen molar-refractivity contribution in [1.82, 2.24) is 5.32 Å². The van der Waals surface area contributed by atoms with Crippen molar-refractivity contribution in [2.45, 2.75) is 71.3 Å². The van der Waals surface area contributed by atoms with Crippen LogP contribution in [0.25, 0.3) is 0 Å². The van der Waals surface area contributed by atoms with Gasteiger partial charge >= 0.3 is 0 Å². The first-order valence-electron chi connectivity index (χ1n) is 9.74. The summed E-state index contributed by atoms with van der Waals surface area (Å²) in [7, 11) is 0. The van der Waals surface area contributed by atoms with Gasteiger partial charge in [0.25, 0.3) is 0 Å². The molecule has 0 bridgehead atoms. The Balaban J connectivity index is 1.43. The summed E-state index contributed by atoms with van der Waals surface area (Å²) in [6.07, 6.45) is 12.0. The Morgan fingerprint density at radius 1 is 1.00 bits per heavy atom. The smallest absolute Gasteiger partial charge is 0.0716 e. The highest BCUT2D eigenvalue weighted by atomic mass is 16.5. The van der Waals surface area contributed by atoms with E-state index in [4.69, 9.17) is 4.74 Å². The quantitative estimate of drug-likeness (QED) is 0.606. The van der Waals surface area contributed by atoms with Gasteiger partial charge in [0.1, 0.15) is 0 Å². The third-order valence-corrected chi connectivity index (χ3v) is 5.00. The van der Waals surface area contributed by atoms with Crippen molar-refractivity contribution in [2.24, 2.45) is 5.92 Å². The number of aryl methyl sites for hydroxylation is 1. The highest BCUT2D eigenvalue weighted by Gasteiger charge is 2.10. The molecule has 1 saturated heterocycles. The number of nitrogens with one attached hydrogen (secondary N) is 1. The molecule has 2 heteroatoms. The van der Waals surface area contributed by atoms with Gasteiger partial charge in [-0.1, -0.05) is 56.9 Å². The zero-order chi connectivity index (χ0) is 16.2. The molecular formula is C21H35NO. The number of unbranched alkanes of at least 4 members (excludes halogenated alkanes) is 3. The van der Waals surface area contributed by atoms with Gasteiger partial charge in [-0.25, -0.2) is 0 Å². The maximum atomic E-state index is 5.80. The van der Waals surface area contributed by atoms with Crippen molar-refractivity contribution < 1.29 is 4.74 Å². The fraction of sp³-hybridized carbons (Fsp3) is 0.714. The highest BCUT2D eigenvalue weighted by Crippen LogP contribution is 2.18. The van der Waals surface area contributed by atoms with E-state index in [1.807, 2.05) is 0 Å². The van der Waals surface area contributed by atoms with Crippen LogP contribution in [0.4, 0.5) is 0 Å². The molecular weight excluding hydrogens is 282 g/mol. The van der Waals surface area contributed by atoms with Crippen LogP contribution in [0, 0.1) is 5.92 Å². The molecule has 0 spiro atoms. The minimum atomic E-state index is 0.762. The van der Waals surface area contributed by atoms with Crippen molar-refractivity contribution in [3.63, 3.8) is 0 Å². The molecule has 2 nitrogen and oxygen atoms in total. The maximum absolute atomic E-state index is 5.80. The van der Waals surface area contributed by atoms with Crippen LogP contribution in [0.2, 0.25) is 0 Å². The summed E-state index contributed by atoms with van der Waals surface area (Å²) in [6.45, 7) is 6.34. The average Bonchev–Trinajstić information content (AvgIpc) is 2.86. The lowest BCUT2D eigenvalue weighted by molar-refractivity contribution is 0.116. The Bertz CT molecular complexity index is 393. The van der Waals surface area contributed by atoms with Gasteiger partial charge in [-0.15, -0.1) is 0 Å². The fourth-order valence-electron chi connectivity index (χ4n) is 3.39. The largest absolute Gasteiger partial charge is 0.377 e. The summed E-state index contributed by atoms with van der Waals surface area (Å²) in [4.78, 5) is 0. The second-order valence-corrected chi connectivity index (χ2v) is 6.99. The Labute approximate surface area is 143 Å². The van der Waals surface area contributed by atoms with Crippen LogP contribution >= 0.6 is 0 Å². The predicted molar refractivity (Wildman–Crippen MR) is 98.8 cm³/mol. The van der Waals surface area contributed by atoms with Crippen LogP contribution < -0.4 is 5.32 Å². The molecule has 1 aliphatic rings. The maximum Gasteiger partial charge on any atom is 0.0716 e. The molecule has 1 aromatic carbocycles. The first kappa shape index (κ1) is 18.5. The number of hydrogen-bond acceptors (Lipinski definition) is 2. The molecule has 1 fully saturated rings. The van der Waals surface area contributed by atoms with E-state index < -0.39 is 0 Å². The van der Waals surface area contributed by atoms with E-state index in [0.717, 1.165) is 25.6 Å². The van der Waals surface area contributed by atoms with Crippen molar-refractivity contribution in [2.75, 3.05) is 19.7 Å². The summed E-state index contributed by atoms with van der Waals surface area (Å²) >= 11 is 0. The monoisotopic (exact) mass is 317 g/mol. The standard InChI is InChI=1S/C21H35NO/c1-2-19-11-13-21(14-12-19)18-23-16-8-4-3-5-9-20-10-6-7-15-22-17-20/h11-14,20,22H,2-10,15-18H2,1H3. The molecule has 0 radical (unpaired) electrons. The Morgan fingerprint density at radius 3 is 2.61 bits per heavy atom. The molecule has 0 aromatic heterocycles. The summed E-state index contributed by atoms with van der Waals surface area (Å²) in [5, 5.41) is 3.57. The third-order valence-electron chi connectivity index (χ3n) is 5.00. The van der Waals surface area contributed by atoms with Crippen LogP contribution in [-0.2, 0) is 17.8 Å². The van der Waals surface area contributed by atoms with Gasteiger partial charge in [0.2, 0.25) is 0 Å². The van der Waals surface area contributed by atoms with Gasteiger partial charge in [0.15, 0.2) is 0 Å². The summed E-state index contributed by atoms with van der Waals surface area (Å²) in [6, 6.07) is 8.81. The number of hydrogen-bond donors (Lipinski definition) is 1. The zero-order valence-electron chi connectivity index (χ0n) is 15.0. The minimum Gasteiger partial charge on any atom is -0.377 e. The summed E-state index contributed by atoms with van der Waals surface area (Å²) in [5.74, 6) is 0.930. The Hall–Kier alpha value is -0.860. The SMILES string of the molecule is CCc1ccc(COCCCCCCC2CCCCNC2)cc1. The van der Waals surface area contributed by atoms with E-state index >= 15 is 0 Å². The first-order chi connectivity index (χ1) is 11.4. The van der Waals surface area contributed by atoms with Crippen LogP contribution in [0.5, 0.6) is 0 Å². The minimum absolute atomic E-state index is 0.762. The second kappa shape index (κ2) is 11.6. The van der Waals surface area contributed by atoms with Gasteiger partial charge < -0.3 is 10.1 Å². The molecule has 0 aliphatic carbocycles. The van der Waals surface area contributed by atoms with Gasteiger partial charge in [-0.3, -0.25) is 0 Å². The summed E-state index contributed by atoms with van der Waals surface area (Å²) < 4.78 is 5.80. The lowest BCUT2D eigenvalue weighted by Crippen LogP contribution is -2.20. The topological polar surface area (TPSA) is 21.3 Å². The van der Waals surface area contributed by atoms with Crippen molar-refractivity contribution in [3.8, 4) is 0 Å².